The van der Waals surface area contributed by atoms with E-state index in [4.69, 9.17) is 11.6 Å². The quantitative estimate of drug-likeness (QED) is 0.354. The van der Waals surface area contributed by atoms with Crippen molar-refractivity contribution in [1.82, 2.24) is 5.43 Å². The van der Waals surface area contributed by atoms with Gasteiger partial charge < -0.3 is 5.11 Å². The average Bonchev–Trinajstić information content (AvgIpc) is 2.55. The van der Waals surface area contributed by atoms with Gasteiger partial charge in [-0.1, -0.05) is 11.6 Å². The van der Waals surface area contributed by atoms with Crippen LogP contribution < -0.4 is 5.43 Å². The van der Waals surface area contributed by atoms with E-state index in [1.165, 1.54) is 30.1 Å². The lowest BCUT2D eigenvalue weighted by molar-refractivity contribution is -0.385. The molecule has 0 spiro atoms. The van der Waals surface area contributed by atoms with Crippen molar-refractivity contribution < 1.29 is 14.8 Å². The second kappa shape index (κ2) is 8.32. The number of rotatable bonds is 6. The maximum absolute atomic E-state index is 11.7. The van der Waals surface area contributed by atoms with Gasteiger partial charge in [-0.3, -0.25) is 14.9 Å². The summed E-state index contributed by atoms with van der Waals surface area (Å²) in [5, 5.41) is 24.4. The molecule has 2 N–H and O–H groups in total. The first-order valence-electron chi connectivity index (χ1n) is 6.63. The zero-order valence-corrected chi connectivity index (χ0v) is 13.8. The van der Waals surface area contributed by atoms with Crippen molar-refractivity contribution in [1.29, 1.82) is 0 Å². The molecule has 0 saturated heterocycles. The summed E-state index contributed by atoms with van der Waals surface area (Å²) < 4.78 is 0. The van der Waals surface area contributed by atoms with Crippen LogP contribution in [0.25, 0.3) is 0 Å². The lowest BCUT2D eigenvalue weighted by Crippen LogP contribution is -2.19. The van der Waals surface area contributed by atoms with Crippen LogP contribution >= 0.6 is 23.4 Å². The fraction of sp³-hybridized carbons (Fsp3) is 0.0667. The Morgan fingerprint density at radius 2 is 2.04 bits per heavy atom. The van der Waals surface area contributed by atoms with Crippen molar-refractivity contribution >= 4 is 41.2 Å². The SMILES string of the molecule is O=C(CSc1ccc(Cl)cc1)N/N=C\c1ccc(O)c([N+](=O)[O-])c1. The number of nitro benzene ring substituents is 1. The molecule has 0 aromatic heterocycles. The second-order valence-electron chi connectivity index (χ2n) is 4.54. The van der Waals surface area contributed by atoms with Crippen molar-refractivity contribution in [2.24, 2.45) is 5.10 Å². The zero-order chi connectivity index (χ0) is 17.5. The number of phenols is 1. The number of carbonyl (C=O) groups is 1. The van der Waals surface area contributed by atoms with Gasteiger partial charge in [0.25, 0.3) is 0 Å². The van der Waals surface area contributed by atoms with Gasteiger partial charge in [0.15, 0.2) is 5.75 Å². The molecule has 124 valence electrons. The number of hydrogen-bond donors (Lipinski definition) is 2. The van der Waals surface area contributed by atoms with E-state index in [0.29, 0.717) is 10.6 Å². The minimum absolute atomic E-state index is 0.161. The Morgan fingerprint density at radius 1 is 1.33 bits per heavy atom. The predicted molar refractivity (Wildman–Crippen MR) is 92.7 cm³/mol. The van der Waals surface area contributed by atoms with Crippen LogP contribution in [0.4, 0.5) is 5.69 Å². The molecule has 2 rings (SSSR count). The summed E-state index contributed by atoms with van der Waals surface area (Å²) in [5.74, 6) is -0.589. The van der Waals surface area contributed by atoms with Gasteiger partial charge in [0.2, 0.25) is 5.91 Å². The first kappa shape index (κ1) is 17.8. The summed E-state index contributed by atoms with van der Waals surface area (Å²) in [6.07, 6.45) is 1.26. The van der Waals surface area contributed by atoms with Crippen LogP contribution in [-0.2, 0) is 4.79 Å². The van der Waals surface area contributed by atoms with E-state index in [-0.39, 0.29) is 11.7 Å². The average molecular weight is 366 g/mol. The molecule has 0 heterocycles. The smallest absolute Gasteiger partial charge is 0.311 e. The monoisotopic (exact) mass is 365 g/mol. The van der Waals surface area contributed by atoms with E-state index >= 15 is 0 Å². The maximum atomic E-state index is 11.7. The van der Waals surface area contributed by atoms with Crippen molar-refractivity contribution in [2.45, 2.75) is 4.90 Å². The highest BCUT2D eigenvalue weighted by atomic mass is 35.5. The minimum atomic E-state index is -0.700. The highest BCUT2D eigenvalue weighted by Gasteiger charge is 2.12. The molecule has 0 saturated carbocycles. The Labute approximate surface area is 146 Å². The molecule has 0 unspecified atom stereocenters. The number of hydrazone groups is 1. The Hall–Kier alpha value is -2.58. The van der Waals surface area contributed by atoms with Gasteiger partial charge >= 0.3 is 5.69 Å². The van der Waals surface area contributed by atoms with Crippen molar-refractivity contribution in [3.8, 4) is 5.75 Å². The topological polar surface area (TPSA) is 105 Å². The highest BCUT2D eigenvalue weighted by Crippen LogP contribution is 2.25. The molecular formula is C15H12ClN3O4S. The first-order chi connectivity index (χ1) is 11.5. The van der Waals surface area contributed by atoms with Gasteiger partial charge in [0.1, 0.15) is 0 Å². The van der Waals surface area contributed by atoms with Gasteiger partial charge in [-0.15, -0.1) is 11.8 Å². The second-order valence-corrected chi connectivity index (χ2v) is 6.03. The van der Waals surface area contributed by atoms with Crippen LogP contribution in [0, 0.1) is 10.1 Å². The lowest BCUT2D eigenvalue weighted by Gasteiger charge is -2.01. The molecule has 9 heteroatoms. The Kier molecular flexibility index (Phi) is 6.16. The first-order valence-corrected chi connectivity index (χ1v) is 8.00. The Balaban J connectivity index is 1.87. The van der Waals surface area contributed by atoms with Crippen molar-refractivity contribution in [3.63, 3.8) is 0 Å². The predicted octanol–water partition coefficient (Wildman–Crippen LogP) is 3.20. The molecule has 0 radical (unpaired) electrons. The zero-order valence-electron chi connectivity index (χ0n) is 12.2. The molecule has 0 bridgehead atoms. The summed E-state index contributed by atoms with van der Waals surface area (Å²) in [6.45, 7) is 0. The number of benzene rings is 2. The number of amides is 1. The third-order valence-corrected chi connectivity index (χ3v) is 4.05. The summed E-state index contributed by atoms with van der Waals surface area (Å²) in [6, 6.07) is 10.9. The van der Waals surface area contributed by atoms with E-state index in [0.717, 1.165) is 11.0 Å². The van der Waals surface area contributed by atoms with Crippen LogP contribution in [0.3, 0.4) is 0 Å². The molecule has 2 aromatic carbocycles. The Bertz CT molecular complexity index is 781. The molecule has 2 aromatic rings. The summed E-state index contributed by atoms with van der Waals surface area (Å²) in [4.78, 5) is 22.6. The molecule has 0 atom stereocenters. The normalized spacial score (nSPS) is 10.7. The summed E-state index contributed by atoms with van der Waals surface area (Å²) in [7, 11) is 0. The summed E-state index contributed by atoms with van der Waals surface area (Å²) >= 11 is 7.10. The van der Waals surface area contributed by atoms with Gasteiger partial charge in [0.05, 0.1) is 16.9 Å². The van der Waals surface area contributed by atoms with E-state index < -0.39 is 16.4 Å². The number of nitrogens with zero attached hydrogens (tertiary/aromatic N) is 2. The molecule has 24 heavy (non-hydrogen) atoms. The molecule has 0 fully saturated rings. The molecule has 0 aliphatic carbocycles. The van der Waals surface area contributed by atoms with Gasteiger partial charge in [-0.25, -0.2) is 5.43 Å². The fourth-order valence-electron chi connectivity index (χ4n) is 1.66. The van der Waals surface area contributed by atoms with Crippen molar-refractivity contribution in [3.05, 3.63) is 63.2 Å². The number of nitro groups is 1. The standard InChI is InChI=1S/C15H12ClN3O4S/c16-11-2-4-12(5-3-11)24-9-15(21)18-17-8-10-1-6-14(20)13(7-10)19(22)23/h1-8,20H,9H2,(H,18,21)/b17-8-. The molecule has 7 nitrogen and oxygen atoms in total. The molecular weight excluding hydrogens is 354 g/mol. The van der Waals surface area contributed by atoms with E-state index in [1.807, 2.05) is 0 Å². The number of phenolic OH excluding ortho intramolecular Hbond substituents is 1. The van der Waals surface area contributed by atoms with E-state index in [1.54, 1.807) is 24.3 Å². The van der Waals surface area contributed by atoms with Crippen molar-refractivity contribution in [2.75, 3.05) is 5.75 Å². The number of hydrogen-bond acceptors (Lipinski definition) is 6. The van der Waals surface area contributed by atoms with Crippen LogP contribution in [0.5, 0.6) is 5.75 Å². The lowest BCUT2D eigenvalue weighted by atomic mass is 10.2. The van der Waals surface area contributed by atoms with Crippen LogP contribution in [0.2, 0.25) is 5.02 Å². The fourth-order valence-corrected chi connectivity index (χ4v) is 2.47. The third kappa shape index (κ3) is 5.25. The number of aromatic hydroxyl groups is 1. The van der Waals surface area contributed by atoms with Gasteiger partial charge in [-0.05, 0) is 36.4 Å². The van der Waals surface area contributed by atoms with E-state index in [9.17, 15) is 20.0 Å². The molecule has 0 aliphatic heterocycles. The van der Waals surface area contributed by atoms with Crippen LogP contribution in [0.15, 0.2) is 52.5 Å². The number of carbonyl (C=O) groups excluding carboxylic acids is 1. The Morgan fingerprint density at radius 3 is 2.71 bits per heavy atom. The minimum Gasteiger partial charge on any atom is -0.502 e. The van der Waals surface area contributed by atoms with Gasteiger partial charge in [-0.2, -0.15) is 5.10 Å². The summed E-state index contributed by atoms with van der Waals surface area (Å²) in [5.41, 5.74) is 2.28. The number of thioether (sulfide) groups is 1. The third-order valence-electron chi connectivity index (χ3n) is 2.78. The number of nitrogens with one attached hydrogen (secondary N) is 1. The van der Waals surface area contributed by atoms with Crippen LogP contribution in [-0.4, -0.2) is 27.9 Å². The van der Waals surface area contributed by atoms with Crippen LogP contribution in [0.1, 0.15) is 5.56 Å². The van der Waals surface area contributed by atoms with E-state index in [2.05, 4.69) is 10.5 Å². The van der Waals surface area contributed by atoms with Gasteiger partial charge in [0, 0.05) is 21.5 Å². The number of halogens is 1. The molecule has 0 aliphatic rings. The largest absolute Gasteiger partial charge is 0.502 e. The highest BCUT2D eigenvalue weighted by molar-refractivity contribution is 8.00. The molecule has 1 amide bonds. The maximum Gasteiger partial charge on any atom is 0.311 e.